The Morgan fingerprint density at radius 2 is 1.82 bits per heavy atom. The molecule has 2 amide bonds. The van der Waals surface area contributed by atoms with Gasteiger partial charge in [0.15, 0.2) is 17.3 Å². The van der Waals surface area contributed by atoms with Crippen molar-refractivity contribution in [3.63, 3.8) is 0 Å². The second-order valence-electron chi connectivity index (χ2n) is 13.8. The first-order chi connectivity index (χ1) is 21.2. The van der Waals surface area contributed by atoms with Gasteiger partial charge in [0.25, 0.3) is 5.91 Å². The molecule has 2 aliphatic heterocycles. The minimum Gasteiger partial charge on any atom is -0.451 e. The number of hydrogen-bond donors (Lipinski definition) is 2. The number of anilines is 1. The highest BCUT2D eigenvalue weighted by Crippen LogP contribution is 2.48. The molecule has 1 saturated heterocycles. The average Bonchev–Trinajstić information content (AvgIpc) is 3.38. The van der Waals surface area contributed by atoms with Crippen molar-refractivity contribution in [1.82, 2.24) is 15.2 Å². The van der Waals surface area contributed by atoms with E-state index in [0.29, 0.717) is 54.0 Å². The molecule has 4 aromatic rings. The second-order valence-corrected chi connectivity index (χ2v) is 13.8. The lowest BCUT2D eigenvalue weighted by Crippen LogP contribution is -2.42. The molecule has 0 bridgehead atoms. The largest absolute Gasteiger partial charge is 0.451 e. The third-order valence-corrected chi connectivity index (χ3v) is 8.01. The van der Waals surface area contributed by atoms with Gasteiger partial charge in [-0.2, -0.15) is 0 Å². The van der Waals surface area contributed by atoms with Crippen LogP contribution < -0.4 is 25.7 Å². The van der Waals surface area contributed by atoms with E-state index in [-0.39, 0.29) is 28.4 Å². The molecular formula is C34H39FN5O5+. The first-order valence-corrected chi connectivity index (χ1v) is 15.1. The van der Waals surface area contributed by atoms with Crippen molar-refractivity contribution >= 4 is 39.4 Å². The molecule has 1 aromatic heterocycles. The first kappa shape index (κ1) is 30.4. The van der Waals surface area contributed by atoms with Crippen molar-refractivity contribution in [2.75, 3.05) is 52.2 Å². The number of carbonyl (C=O) groups is 2. The lowest BCUT2D eigenvalue weighted by Gasteiger charge is -2.29. The summed E-state index contributed by atoms with van der Waals surface area (Å²) in [5.74, 6) is -0.503. The molecule has 1 fully saturated rings. The number of fused-ring (bicyclic) bond motifs is 3. The zero-order chi connectivity index (χ0) is 32.3. The predicted octanol–water partition coefficient (Wildman–Crippen LogP) is 4.93. The molecule has 236 valence electrons. The van der Waals surface area contributed by atoms with Crippen molar-refractivity contribution < 1.29 is 27.9 Å². The number of ether oxygens (including phenoxy) is 2. The zero-order valence-electron chi connectivity index (χ0n) is 26.5. The number of rotatable bonds is 6. The quantitative estimate of drug-likeness (QED) is 0.263. The molecule has 0 aliphatic carbocycles. The third-order valence-electron chi connectivity index (χ3n) is 8.01. The summed E-state index contributed by atoms with van der Waals surface area (Å²) in [6.45, 7) is 7.18. The lowest BCUT2D eigenvalue weighted by atomic mass is 10.0. The maximum atomic E-state index is 16.2. The number of amides is 2. The maximum absolute atomic E-state index is 16.2. The van der Waals surface area contributed by atoms with Gasteiger partial charge in [-0.05, 0) is 56.2 Å². The summed E-state index contributed by atoms with van der Waals surface area (Å²) >= 11 is 0. The van der Waals surface area contributed by atoms with Crippen LogP contribution in [0.4, 0.5) is 14.9 Å². The fourth-order valence-corrected chi connectivity index (χ4v) is 5.90. The smallest absolute Gasteiger partial charge is 0.407 e. The van der Waals surface area contributed by atoms with Crippen molar-refractivity contribution in [2.24, 2.45) is 0 Å². The molecule has 0 spiro atoms. The van der Waals surface area contributed by atoms with Gasteiger partial charge in [-0.15, -0.1) is 0 Å². The van der Waals surface area contributed by atoms with Gasteiger partial charge in [0.05, 0.1) is 51.3 Å². The van der Waals surface area contributed by atoms with Gasteiger partial charge in [0.1, 0.15) is 22.4 Å². The minimum absolute atomic E-state index is 0.0481. The Kier molecular flexibility index (Phi) is 7.47. The SMILES string of the molecule is CC(C)(C)OC(=O)NC1CCN(c2c(F)cc3c(=O)c(C(=O)NCC[N+](C)(C)C)cn4c3c2Oc2cc3ccccc3cc2-4)C1. The summed E-state index contributed by atoms with van der Waals surface area (Å²) in [5, 5.41) is 7.66. The van der Waals surface area contributed by atoms with Gasteiger partial charge in [0.2, 0.25) is 5.43 Å². The van der Waals surface area contributed by atoms with E-state index in [9.17, 15) is 14.4 Å². The molecule has 1 unspecified atom stereocenters. The lowest BCUT2D eigenvalue weighted by molar-refractivity contribution is -0.869. The van der Waals surface area contributed by atoms with E-state index in [1.807, 2.05) is 62.4 Å². The van der Waals surface area contributed by atoms with Gasteiger partial charge >= 0.3 is 6.09 Å². The molecule has 3 aromatic carbocycles. The number of nitrogens with one attached hydrogen (secondary N) is 2. The van der Waals surface area contributed by atoms with Crippen LogP contribution in [-0.4, -0.2) is 80.0 Å². The van der Waals surface area contributed by atoms with Crippen LogP contribution in [0.5, 0.6) is 11.5 Å². The van der Waals surface area contributed by atoms with E-state index in [1.54, 1.807) is 25.3 Å². The number of nitrogens with zero attached hydrogens (tertiary/aromatic N) is 3. The monoisotopic (exact) mass is 616 g/mol. The van der Waals surface area contributed by atoms with Crippen LogP contribution >= 0.6 is 0 Å². The molecule has 1 atom stereocenters. The van der Waals surface area contributed by atoms with E-state index in [4.69, 9.17) is 9.47 Å². The fraction of sp³-hybridized carbons (Fsp3) is 0.382. The Morgan fingerprint density at radius 3 is 2.51 bits per heavy atom. The number of aromatic nitrogens is 1. The topological polar surface area (TPSA) is 102 Å². The van der Waals surface area contributed by atoms with Crippen molar-refractivity contribution in [3.8, 4) is 17.2 Å². The Bertz CT molecular complexity index is 1910. The number of benzene rings is 3. The fourth-order valence-electron chi connectivity index (χ4n) is 5.90. The van der Waals surface area contributed by atoms with Crippen LogP contribution in [0, 0.1) is 5.82 Å². The van der Waals surface area contributed by atoms with Gasteiger partial charge in [-0.25, -0.2) is 9.18 Å². The molecule has 10 nitrogen and oxygen atoms in total. The summed E-state index contributed by atoms with van der Waals surface area (Å²) < 4.78 is 30.5. The van der Waals surface area contributed by atoms with Crippen molar-refractivity contribution in [1.29, 1.82) is 0 Å². The summed E-state index contributed by atoms with van der Waals surface area (Å²) in [6.07, 6.45) is 1.56. The van der Waals surface area contributed by atoms with E-state index in [0.717, 1.165) is 10.8 Å². The molecule has 45 heavy (non-hydrogen) atoms. The van der Waals surface area contributed by atoms with Gasteiger partial charge in [-0.3, -0.25) is 9.59 Å². The Morgan fingerprint density at radius 1 is 1.11 bits per heavy atom. The standard InChI is InChI=1S/C34H38FN5O5/c1-34(2,3)45-33(43)37-22-11-13-38(18-22)29-25(35)17-23-28-31(29)44-27-16-21-10-8-7-9-20(21)15-26(27)39(28)19-24(30(23)41)32(42)36-12-14-40(4,5)6/h7-10,15-17,19,22H,11-14,18H2,1-6H3,(H-,36,37,42,43)/p+1. The van der Waals surface area contributed by atoms with Crippen LogP contribution in [0.15, 0.2) is 53.5 Å². The summed E-state index contributed by atoms with van der Waals surface area (Å²) in [7, 11) is 6.04. The van der Waals surface area contributed by atoms with Crippen LogP contribution in [0.3, 0.4) is 0 Å². The summed E-state index contributed by atoms with van der Waals surface area (Å²) in [5.41, 5.74) is -0.0859. The van der Waals surface area contributed by atoms with Gasteiger partial charge in [-0.1, -0.05) is 24.3 Å². The normalized spacial score (nSPS) is 16.0. The Labute approximate surface area is 260 Å². The van der Waals surface area contributed by atoms with Crippen LogP contribution in [0.1, 0.15) is 37.6 Å². The number of quaternary nitrogens is 1. The highest BCUT2D eigenvalue weighted by Gasteiger charge is 2.34. The predicted molar refractivity (Wildman–Crippen MR) is 172 cm³/mol. The molecule has 0 saturated carbocycles. The molecule has 6 rings (SSSR count). The van der Waals surface area contributed by atoms with Crippen molar-refractivity contribution in [3.05, 3.63) is 70.3 Å². The van der Waals surface area contributed by atoms with E-state index >= 15 is 4.39 Å². The number of alkyl carbamates (subject to hydrolysis) is 1. The number of hydrogen-bond acceptors (Lipinski definition) is 6. The average molecular weight is 617 g/mol. The van der Waals surface area contributed by atoms with Crippen LogP contribution in [0.25, 0.3) is 27.4 Å². The highest BCUT2D eigenvalue weighted by atomic mass is 19.1. The number of likely N-dealkylation sites (N-methyl/N-ethyl adjacent to an activating group) is 1. The molecule has 11 heteroatoms. The molecule has 3 heterocycles. The summed E-state index contributed by atoms with van der Waals surface area (Å²) in [6, 6.07) is 12.5. The molecule has 2 aliphatic rings. The Hall–Kier alpha value is -4.64. The van der Waals surface area contributed by atoms with Crippen LogP contribution in [-0.2, 0) is 4.74 Å². The minimum atomic E-state index is -0.647. The Balaban J connectivity index is 1.45. The van der Waals surface area contributed by atoms with Crippen LogP contribution in [0.2, 0.25) is 0 Å². The van der Waals surface area contributed by atoms with Crippen molar-refractivity contribution in [2.45, 2.75) is 38.8 Å². The van der Waals surface area contributed by atoms with E-state index in [1.165, 1.54) is 12.3 Å². The number of pyridine rings is 1. The maximum Gasteiger partial charge on any atom is 0.407 e. The zero-order valence-corrected chi connectivity index (χ0v) is 26.5. The highest BCUT2D eigenvalue weighted by molar-refractivity contribution is 6.02. The third kappa shape index (κ3) is 6.04. The van der Waals surface area contributed by atoms with Gasteiger partial charge in [0, 0.05) is 19.3 Å². The summed E-state index contributed by atoms with van der Waals surface area (Å²) in [4.78, 5) is 41.4. The molecule has 0 radical (unpaired) electrons. The second kappa shape index (κ2) is 11.1. The van der Waals surface area contributed by atoms with Gasteiger partial charge < -0.3 is 34.1 Å². The first-order valence-electron chi connectivity index (χ1n) is 15.1. The van der Waals surface area contributed by atoms with E-state index < -0.39 is 28.8 Å². The molecule has 2 N–H and O–H groups in total. The van der Waals surface area contributed by atoms with E-state index in [2.05, 4.69) is 10.6 Å². The molecular weight excluding hydrogens is 577 g/mol. The number of halogens is 1. The number of carbonyl (C=O) groups excluding carboxylic acids is 2.